The average molecular weight is 345 g/mol. The average Bonchev–Trinajstić information content (AvgIpc) is 3.10. The van der Waals surface area contributed by atoms with Gasteiger partial charge in [-0.1, -0.05) is 6.07 Å². The molecule has 0 aliphatic carbocycles. The Balaban J connectivity index is 1.79. The van der Waals surface area contributed by atoms with Crippen molar-refractivity contribution in [3.63, 3.8) is 0 Å². The molecule has 26 heavy (non-hydrogen) atoms. The van der Waals surface area contributed by atoms with E-state index in [-0.39, 0.29) is 0 Å². The number of hydrogen-bond acceptors (Lipinski definition) is 5. The van der Waals surface area contributed by atoms with E-state index in [0.29, 0.717) is 5.88 Å². The van der Waals surface area contributed by atoms with E-state index < -0.39 is 0 Å². The molecule has 130 valence electrons. The van der Waals surface area contributed by atoms with E-state index >= 15 is 0 Å². The van der Waals surface area contributed by atoms with Crippen LogP contribution in [0.3, 0.4) is 0 Å². The number of rotatable bonds is 3. The molecule has 5 heteroatoms. The van der Waals surface area contributed by atoms with E-state index in [9.17, 15) is 0 Å². The molecule has 0 atom stereocenters. The Hall–Kier alpha value is -3.21. The molecule has 0 saturated heterocycles. The number of aromatic nitrogens is 3. The van der Waals surface area contributed by atoms with E-state index in [2.05, 4.69) is 34.9 Å². The Morgan fingerprint density at radius 3 is 2.38 bits per heavy atom. The van der Waals surface area contributed by atoms with Gasteiger partial charge in [-0.25, -0.2) is 15.0 Å². The summed E-state index contributed by atoms with van der Waals surface area (Å²) in [5.41, 5.74) is 7.11. The van der Waals surface area contributed by atoms with Gasteiger partial charge in [0.1, 0.15) is 17.7 Å². The van der Waals surface area contributed by atoms with Gasteiger partial charge in [0, 0.05) is 23.1 Å². The molecule has 0 aliphatic heterocycles. The summed E-state index contributed by atoms with van der Waals surface area (Å²) in [7, 11) is 0. The lowest BCUT2D eigenvalue weighted by Gasteiger charge is -2.16. The smallest absolute Gasteiger partial charge is 0.230 e. The largest absolute Gasteiger partial charge is 0.464 e. The second-order valence-electron chi connectivity index (χ2n) is 6.33. The third kappa shape index (κ3) is 2.62. The van der Waals surface area contributed by atoms with Crippen molar-refractivity contribution in [1.82, 2.24) is 15.0 Å². The zero-order chi connectivity index (χ0) is 18.3. The van der Waals surface area contributed by atoms with Crippen LogP contribution >= 0.6 is 0 Å². The molecule has 5 nitrogen and oxygen atoms in total. The van der Waals surface area contributed by atoms with Gasteiger partial charge in [-0.15, -0.1) is 0 Å². The summed E-state index contributed by atoms with van der Waals surface area (Å²) in [5, 5.41) is 0.858. The Morgan fingerprint density at radius 2 is 1.62 bits per heavy atom. The first kappa shape index (κ1) is 16.3. The van der Waals surface area contributed by atoms with Gasteiger partial charge in [0.25, 0.3) is 0 Å². The van der Waals surface area contributed by atoms with Crippen molar-refractivity contribution in [1.29, 1.82) is 0 Å². The molecule has 0 unspecified atom stereocenters. The van der Waals surface area contributed by atoms with Gasteiger partial charge in [-0.2, -0.15) is 0 Å². The van der Waals surface area contributed by atoms with E-state index in [1.807, 2.05) is 32.0 Å². The minimum atomic E-state index is 0.543. The molecule has 4 rings (SSSR count). The molecule has 0 aliphatic rings. The first-order valence-corrected chi connectivity index (χ1v) is 8.45. The summed E-state index contributed by atoms with van der Waals surface area (Å²) >= 11 is 0. The van der Waals surface area contributed by atoms with E-state index in [0.717, 1.165) is 50.4 Å². The fourth-order valence-corrected chi connectivity index (χ4v) is 3.21. The Labute approximate surface area is 151 Å². The first-order valence-electron chi connectivity index (χ1n) is 8.45. The Morgan fingerprint density at radius 1 is 0.846 bits per heavy atom. The van der Waals surface area contributed by atoms with Crippen LogP contribution in [0.15, 0.2) is 47.5 Å². The number of fused-ring (bicyclic) bond motifs is 1. The van der Waals surface area contributed by atoms with Crippen molar-refractivity contribution in [2.75, 3.05) is 0 Å². The molecule has 3 aromatic heterocycles. The van der Waals surface area contributed by atoms with Gasteiger partial charge in [-0.05, 0) is 62.6 Å². The van der Waals surface area contributed by atoms with E-state index in [1.165, 1.54) is 0 Å². The first-order chi connectivity index (χ1) is 12.6. The molecule has 4 aromatic rings. The molecule has 0 bridgehead atoms. The molecule has 0 radical (unpaired) electrons. The molecule has 0 fully saturated rings. The molecular weight excluding hydrogens is 326 g/mol. The predicted octanol–water partition coefficient (Wildman–Crippen LogP) is 5.31. The van der Waals surface area contributed by atoms with Crippen molar-refractivity contribution in [3.05, 3.63) is 65.6 Å². The van der Waals surface area contributed by atoms with Crippen LogP contribution in [-0.4, -0.2) is 15.0 Å². The van der Waals surface area contributed by atoms with Crippen molar-refractivity contribution in [2.45, 2.75) is 27.7 Å². The second kappa shape index (κ2) is 6.26. The topological polar surface area (TPSA) is 61.0 Å². The number of furan rings is 1. The van der Waals surface area contributed by atoms with Crippen LogP contribution < -0.4 is 4.74 Å². The van der Waals surface area contributed by atoms with Crippen LogP contribution in [0.5, 0.6) is 11.6 Å². The molecule has 0 amide bonds. The zero-order valence-electron chi connectivity index (χ0n) is 15.2. The number of hydrogen-bond donors (Lipinski definition) is 0. The number of benzene rings is 1. The fraction of sp³-hybridized carbons (Fsp3) is 0.190. The predicted molar refractivity (Wildman–Crippen MR) is 100 cm³/mol. The van der Waals surface area contributed by atoms with Gasteiger partial charge in [0.15, 0.2) is 0 Å². The maximum absolute atomic E-state index is 6.11. The van der Waals surface area contributed by atoms with Crippen LogP contribution in [0.4, 0.5) is 0 Å². The van der Waals surface area contributed by atoms with Crippen LogP contribution in [0.2, 0.25) is 0 Å². The lowest BCUT2D eigenvalue weighted by molar-refractivity contribution is 0.465. The number of nitrogens with zero attached hydrogens (tertiary/aromatic N) is 3. The molecule has 3 heterocycles. The Kier molecular flexibility index (Phi) is 3.92. The van der Waals surface area contributed by atoms with Crippen molar-refractivity contribution in [3.8, 4) is 22.8 Å². The van der Waals surface area contributed by atoms with Crippen LogP contribution in [0.25, 0.3) is 22.1 Å². The highest BCUT2D eigenvalue weighted by molar-refractivity contribution is 5.82. The SMILES string of the molecule is Cc1ncnc(C)c1-c1ccc(Oc2nccc3occc23)c(C)c1C. The van der Waals surface area contributed by atoms with Crippen molar-refractivity contribution in [2.24, 2.45) is 0 Å². The molecular formula is C21H19N3O2. The van der Waals surface area contributed by atoms with E-state index in [1.54, 1.807) is 18.8 Å². The number of pyridine rings is 1. The lowest BCUT2D eigenvalue weighted by Crippen LogP contribution is -1.99. The monoisotopic (exact) mass is 345 g/mol. The normalized spacial score (nSPS) is 11.1. The van der Waals surface area contributed by atoms with Crippen LogP contribution in [0, 0.1) is 27.7 Å². The summed E-state index contributed by atoms with van der Waals surface area (Å²) in [6.07, 6.45) is 4.93. The molecule has 1 aromatic carbocycles. The second-order valence-corrected chi connectivity index (χ2v) is 6.33. The maximum Gasteiger partial charge on any atom is 0.230 e. The van der Waals surface area contributed by atoms with Gasteiger partial charge in [0.05, 0.1) is 11.6 Å². The summed E-state index contributed by atoms with van der Waals surface area (Å²) in [4.78, 5) is 13.0. The van der Waals surface area contributed by atoms with Crippen LogP contribution in [0.1, 0.15) is 22.5 Å². The molecule has 0 N–H and O–H groups in total. The van der Waals surface area contributed by atoms with Gasteiger partial charge >= 0.3 is 0 Å². The Bertz CT molecular complexity index is 1100. The quantitative estimate of drug-likeness (QED) is 0.503. The van der Waals surface area contributed by atoms with Crippen LogP contribution in [-0.2, 0) is 0 Å². The van der Waals surface area contributed by atoms with E-state index in [4.69, 9.17) is 9.15 Å². The maximum atomic E-state index is 6.11. The van der Waals surface area contributed by atoms with Gasteiger partial charge < -0.3 is 9.15 Å². The highest BCUT2D eigenvalue weighted by atomic mass is 16.5. The van der Waals surface area contributed by atoms with Gasteiger partial charge in [0.2, 0.25) is 5.88 Å². The highest BCUT2D eigenvalue weighted by Crippen LogP contribution is 2.36. The minimum Gasteiger partial charge on any atom is -0.464 e. The summed E-state index contributed by atoms with van der Waals surface area (Å²) in [6, 6.07) is 7.72. The number of aryl methyl sites for hydroxylation is 2. The molecule has 0 spiro atoms. The molecule has 0 saturated carbocycles. The lowest BCUT2D eigenvalue weighted by atomic mass is 9.94. The third-order valence-corrected chi connectivity index (χ3v) is 4.78. The summed E-state index contributed by atoms with van der Waals surface area (Å²) < 4.78 is 11.5. The van der Waals surface area contributed by atoms with Crippen molar-refractivity contribution >= 4 is 11.0 Å². The standard InChI is InChI=1S/C21H19N3O2/c1-12-13(2)18(26-21-17-8-10-25-19(17)7-9-22-21)6-5-16(12)20-14(3)23-11-24-15(20)4/h5-11H,1-4H3. The highest BCUT2D eigenvalue weighted by Gasteiger charge is 2.15. The number of ether oxygens (including phenoxy) is 1. The van der Waals surface area contributed by atoms with Crippen molar-refractivity contribution < 1.29 is 9.15 Å². The van der Waals surface area contributed by atoms with Gasteiger partial charge in [-0.3, -0.25) is 0 Å². The minimum absolute atomic E-state index is 0.543. The summed E-state index contributed by atoms with van der Waals surface area (Å²) in [6.45, 7) is 8.16. The zero-order valence-corrected chi connectivity index (χ0v) is 15.2. The fourth-order valence-electron chi connectivity index (χ4n) is 3.21. The third-order valence-electron chi connectivity index (χ3n) is 4.78. The summed E-state index contributed by atoms with van der Waals surface area (Å²) in [5.74, 6) is 1.32.